The predicted octanol–water partition coefficient (Wildman–Crippen LogP) is 2.93. The number of carbonyl (C=O) groups excluding carboxylic acids is 1. The smallest absolute Gasteiger partial charge is 0.221 e. The first-order valence-corrected chi connectivity index (χ1v) is 8.99. The molecule has 1 aromatic heterocycles. The van der Waals surface area contributed by atoms with Crippen molar-refractivity contribution in [1.29, 1.82) is 0 Å². The van der Waals surface area contributed by atoms with E-state index >= 15 is 0 Å². The Morgan fingerprint density at radius 1 is 1.00 bits per heavy atom. The van der Waals surface area contributed by atoms with Crippen LogP contribution in [0.25, 0.3) is 10.9 Å². The number of hydrogen-bond acceptors (Lipinski definition) is 3. The summed E-state index contributed by atoms with van der Waals surface area (Å²) in [4.78, 5) is 23.9. The zero-order chi connectivity index (χ0) is 18.2. The summed E-state index contributed by atoms with van der Waals surface area (Å²) >= 11 is 0. The van der Waals surface area contributed by atoms with Crippen LogP contribution in [0.5, 0.6) is 0 Å². The Balaban J connectivity index is 1.42. The molecule has 0 unspecified atom stereocenters. The van der Waals surface area contributed by atoms with E-state index < -0.39 is 0 Å². The van der Waals surface area contributed by atoms with Crippen LogP contribution in [0.2, 0.25) is 0 Å². The van der Waals surface area contributed by atoms with E-state index in [0.717, 1.165) is 24.8 Å². The third-order valence-electron chi connectivity index (χ3n) is 4.37. The van der Waals surface area contributed by atoms with Gasteiger partial charge in [-0.05, 0) is 37.0 Å². The fourth-order valence-corrected chi connectivity index (χ4v) is 2.96. The minimum atomic E-state index is -0.0975. The van der Waals surface area contributed by atoms with Crippen molar-refractivity contribution in [2.24, 2.45) is 0 Å². The molecule has 0 aliphatic rings. The van der Waals surface area contributed by atoms with Gasteiger partial charge in [0.15, 0.2) is 0 Å². The third kappa shape index (κ3) is 4.79. The molecule has 0 saturated heterocycles. The summed E-state index contributed by atoms with van der Waals surface area (Å²) in [5.74, 6) is 0.00860. The van der Waals surface area contributed by atoms with E-state index in [4.69, 9.17) is 0 Å². The zero-order valence-electron chi connectivity index (χ0n) is 14.7. The number of para-hydroxylation sites is 1. The Bertz CT molecular complexity index is 919. The van der Waals surface area contributed by atoms with E-state index in [0.29, 0.717) is 24.9 Å². The SMILES string of the molecule is O=C(CCn1ncc(=O)c2ccccc21)NCCCCc1ccccc1. The predicted molar refractivity (Wildman–Crippen MR) is 103 cm³/mol. The summed E-state index contributed by atoms with van der Waals surface area (Å²) in [6, 6.07) is 17.7. The van der Waals surface area contributed by atoms with Crippen molar-refractivity contribution in [3.63, 3.8) is 0 Å². The molecule has 1 amide bonds. The third-order valence-corrected chi connectivity index (χ3v) is 4.37. The number of carbonyl (C=O) groups is 1. The van der Waals surface area contributed by atoms with Gasteiger partial charge in [0, 0.05) is 18.4 Å². The minimum absolute atomic E-state index is 0.00860. The van der Waals surface area contributed by atoms with Gasteiger partial charge in [-0.15, -0.1) is 0 Å². The Hall–Kier alpha value is -2.95. The monoisotopic (exact) mass is 349 g/mol. The van der Waals surface area contributed by atoms with Crippen molar-refractivity contribution in [2.75, 3.05) is 6.54 Å². The summed E-state index contributed by atoms with van der Waals surface area (Å²) in [6.07, 6.45) is 4.70. The Morgan fingerprint density at radius 3 is 2.62 bits per heavy atom. The number of fused-ring (bicyclic) bond motifs is 1. The van der Waals surface area contributed by atoms with Crippen LogP contribution < -0.4 is 10.7 Å². The van der Waals surface area contributed by atoms with Crippen molar-refractivity contribution < 1.29 is 4.79 Å². The largest absolute Gasteiger partial charge is 0.356 e. The van der Waals surface area contributed by atoms with Gasteiger partial charge < -0.3 is 5.32 Å². The van der Waals surface area contributed by atoms with Gasteiger partial charge in [-0.25, -0.2) is 0 Å². The highest BCUT2D eigenvalue weighted by Crippen LogP contribution is 2.08. The summed E-state index contributed by atoms with van der Waals surface area (Å²) in [6.45, 7) is 1.14. The molecular formula is C21H23N3O2. The summed E-state index contributed by atoms with van der Waals surface area (Å²) < 4.78 is 1.71. The van der Waals surface area contributed by atoms with Crippen LogP contribution in [-0.4, -0.2) is 22.2 Å². The van der Waals surface area contributed by atoms with Crippen LogP contribution in [0.3, 0.4) is 0 Å². The number of benzene rings is 2. The van der Waals surface area contributed by atoms with Crippen LogP contribution in [0.1, 0.15) is 24.8 Å². The Kier molecular flexibility index (Phi) is 6.14. The van der Waals surface area contributed by atoms with Gasteiger partial charge in [0.2, 0.25) is 11.3 Å². The van der Waals surface area contributed by atoms with Gasteiger partial charge >= 0.3 is 0 Å². The van der Waals surface area contributed by atoms with Crippen LogP contribution >= 0.6 is 0 Å². The van der Waals surface area contributed by atoms with Gasteiger partial charge in [0.1, 0.15) is 0 Å². The van der Waals surface area contributed by atoms with E-state index in [2.05, 4.69) is 22.5 Å². The van der Waals surface area contributed by atoms with Crippen molar-refractivity contribution in [2.45, 2.75) is 32.2 Å². The lowest BCUT2D eigenvalue weighted by molar-refractivity contribution is -0.121. The van der Waals surface area contributed by atoms with Gasteiger partial charge in [-0.3, -0.25) is 14.3 Å². The highest BCUT2D eigenvalue weighted by Gasteiger charge is 2.06. The average Bonchev–Trinajstić information content (AvgIpc) is 2.68. The van der Waals surface area contributed by atoms with Crippen LogP contribution in [0.15, 0.2) is 65.6 Å². The molecule has 1 heterocycles. The number of nitrogens with zero attached hydrogens (tertiary/aromatic N) is 2. The normalized spacial score (nSPS) is 10.8. The molecule has 5 nitrogen and oxygen atoms in total. The topological polar surface area (TPSA) is 64.0 Å². The molecule has 134 valence electrons. The maximum Gasteiger partial charge on any atom is 0.221 e. The second kappa shape index (κ2) is 8.94. The number of rotatable bonds is 8. The maximum absolute atomic E-state index is 12.0. The Morgan fingerprint density at radius 2 is 1.77 bits per heavy atom. The molecule has 0 radical (unpaired) electrons. The second-order valence-corrected chi connectivity index (χ2v) is 6.29. The number of hydrogen-bond donors (Lipinski definition) is 1. The number of aromatic nitrogens is 2. The average molecular weight is 349 g/mol. The highest BCUT2D eigenvalue weighted by atomic mass is 16.1. The molecule has 0 aliphatic heterocycles. The zero-order valence-corrected chi connectivity index (χ0v) is 14.7. The van der Waals surface area contributed by atoms with Crippen LogP contribution in [0, 0.1) is 0 Å². The van der Waals surface area contributed by atoms with Crippen LogP contribution in [0.4, 0.5) is 0 Å². The standard InChI is InChI=1S/C21H23N3O2/c25-20-16-23-24(19-12-5-4-11-18(19)20)15-13-21(26)22-14-7-6-10-17-8-2-1-3-9-17/h1-5,8-9,11-12,16H,6-7,10,13-15H2,(H,22,26). The molecule has 26 heavy (non-hydrogen) atoms. The summed E-state index contributed by atoms with van der Waals surface area (Å²) in [7, 11) is 0. The summed E-state index contributed by atoms with van der Waals surface area (Å²) in [5, 5.41) is 7.73. The fourth-order valence-electron chi connectivity index (χ4n) is 2.96. The first kappa shape index (κ1) is 17.9. The maximum atomic E-state index is 12.0. The molecular weight excluding hydrogens is 326 g/mol. The molecule has 0 fully saturated rings. The number of aryl methyl sites for hydroxylation is 2. The first-order valence-electron chi connectivity index (χ1n) is 8.99. The highest BCUT2D eigenvalue weighted by molar-refractivity contribution is 5.79. The molecule has 3 rings (SSSR count). The molecule has 0 aliphatic carbocycles. The van der Waals surface area contributed by atoms with Gasteiger partial charge in [-0.2, -0.15) is 5.10 Å². The van der Waals surface area contributed by atoms with Crippen LogP contribution in [-0.2, 0) is 17.8 Å². The fraction of sp³-hybridized carbons (Fsp3) is 0.286. The molecule has 0 saturated carbocycles. The second-order valence-electron chi connectivity index (χ2n) is 6.29. The van der Waals surface area contributed by atoms with E-state index in [-0.39, 0.29) is 11.3 Å². The Labute approximate surface area is 152 Å². The lowest BCUT2D eigenvalue weighted by Crippen LogP contribution is -2.26. The van der Waals surface area contributed by atoms with E-state index in [1.165, 1.54) is 11.8 Å². The van der Waals surface area contributed by atoms with Crippen molar-refractivity contribution in [1.82, 2.24) is 15.1 Å². The summed E-state index contributed by atoms with van der Waals surface area (Å²) in [5.41, 5.74) is 1.99. The number of unbranched alkanes of at least 4 members (excludes halogenated alkanes) is 1. The van der Waals surface area contributed by atoms with Gasteiger partial charge in [0.05, 0.1) is 18.3 Å². The van der Waals surface area contributed by atoms with Gasteiger partial charge in [-0.1, -0.05) is 42.5 Å². The molecule has 5 heteroatoms. The van der Waals surface area contributed by atoms with E-state index in [1.54, 1.807) is 10.7 Å². The molecule has 2 aromatic carbocycles. The lowest BCUT2D eigenvalue weighted by atomic mass is 10.1. The van der Waals surface area contributed by atoms with E-state index in [9.17, 15) is 9.59 Å². The molecule has 0 atom stereocenters. The number of amides is 1. The molecule has 0 spiro atoms. The molecule has 1 N–H and O–H groups in total. The lowest BCUT2D eigenvalue weighted by Gasteiger charge is -2.09. The van der Waals surface area contributed by atoms with Gasteiger partial charge in [0.25, 0.3) is 0 Å². The molecule has 0 bridgehead atoms. The van der Waals surface area contributed by atoms with Crippen molar-refractivity contribution in [3.8, 4) is 0 Å². The minimum Gasteiger partial charge on any atom is -0.356 e. The van der Waals surface area contributed by atoms with E-state index in [1.807, 2.05) is 36.4 Å². The van der Waals surface area contributed by atoms with Crippen molar-refractivity contribution in [3.05, 3.63) is 76.6 Å². The quantitative estimate of drug-likeness (QED) is 0.636. The number of nitrogens with one attached hydrogen (secondary N) is 1. The van der Waals surface area contributed by atoms with Crippen molar-refractivity contribution >= 4 is 16.8 Å². The first-order chi connectivity index (χ1) is 12.7. The molecule has 3 aromatic rings.